The van der Waals surface area contributed by atoms with Gasteiger partial charge < -0.3 is 9.47 Å². The summed E-state index contributed by atoms with van der Waals surface area (Å²) in [5, 5.41) is 5.02. The Morgan fingerprint density at radius 1 is 0.431 bits per heavy atom. The Labute approximate surface area is 298 Å². The molecule has 0 bridgehead atoms. The number of anilines is 3. The largest absolute Gasteiger partial charge is 0.310 e. The van der Waals surface area contributed by atoms with Gasteiger partial charge in [0.15, 0.2) is 0 Å². The topological polar surface area (TPSA) is 8.17 Å². The second kappa shape index (κ2) is 11.3. The van der Waals surface area contributed by atoms with E-state index in [1.54, 1.807) is 0 Å². The molecule has 1 aliphatic carbocycles. The Bertz CT molecular complexity index is 2770. The monoisotopic (exact) mass is 652 g/mol. The molecule has 8 aromatic carbocycles. The van der Waals surface area contributed by atoms with Crippen LogP contribution in [0.15, 0.2) is 182 Å². The van der Waals surface area contributed by atoms with E-state index in [-0.39, 0.29) is 5.41 Å². The van der Waals surface area contributed by atoms with Crippen LogP contribution in [-0.4, -0.2) is 4.57 Å². The first-order valence-corrected chi connectivity index (χ1v) is 17.8. The maximum absolute atomic E-state index is 2.44. The minimum Gasteiger partial charge on any atom is -0.310 e. The zero-order valence-electron chi connectivity index (χ0n) is 28.7. The lowest BCUT2D eigenvalue weighted by Crippen LogP contribution is -2.15. The van der Waals surface area contributed by atoms with Gasteiger partial charge in [-0.05, 0) is 105 Å². The average Bonchev–Trinajstić information content (AvgIpc) is 3.64. The van der Waals surface area contributed by atoms with E-state index in [1.807, 2.05) is 0 Å². The van der Waals surface area contributed by atoms with Crippen molar-refractivity contribution in [3.05, 3.63) is 193 Å². The van der Waals surface area contributed by atoms with Gasteiger partial charge >= 0.3 is 0 Å². The van der Waals surface area contributed by atoms with Gasteiger partial charge in [-0.3, -0.25) is 0 Å². The van der Waals surface area contributed by atoms with E-state index >= 15 is 0 Å². The molecule has 1 heterocycles. The van der Waals surface area contributed by atoms with Crippen molar-refractivity contribution in [1.29, 1.82) is 0 Å². The quantitative estimate of drug-likeness (QED) is 0.180. The van der Waals surface area contributed by atoms with Gasteiger partial charge in [0.05, 0.1) is 11.0 Å². The molecule has 0 aliphatic heterocycles. The molecule has 9 aromatic rings. The molecule has 51 heavy (non-hydrogen) atoms. The molecular weight excluding hydrogens is 617 g/mol. The molecule has 0 amide bonds. The highest BCUT2D eigenvalue weighted by Gasteiger charge is 2.35. The molecule has 0 fully saturated rings. The molecule has 2 nitrogen and oxygen atoms in total. The van der Waals surface area contributed by atoms with E-state index in [0.717, 1.165) is 22.7 Å². The standard InChI is InChI=1S/C49H36N2/c1-49(2)44-23-12-11-22-41(44)42-31-38(25-27-45(42)49)50(37-20-13-17-35(30-37)33-14-5-3-6-15-33)39-26-29-46-43(32-39)48-40-21-10-9-16-34(40)24-28-47(48)51(46)36-18-7-4-8-19-36/h3-32H,1-2H3. The molecule has 1 aliphatic rings. The molecule has 0 saturated carbocycles. The molecule has 0 unspecified atom stereocenters. The first-order chi connectivity index (χ1) is 25.1. The minimum atomic E-state index is -0.0538. The number of rotatable bonds is 5. The maximum Gasteiger partial charge on any atom is 0.0547 e. The summed E-state index contributed by atoms with van der Waals surface area (Å²) in [5.74, 6) is 0. The third kappa shape index (κ3) is 4.57. The number of hydrogen-bond acceptors (Lipinski definition) is 1. The molecule has 0 N–H and O–H groups in total. The SMILES string of the molecule is CC1(C)c2ccccc2-c2cc(N(c3cccc(-c4ccccc4)c3)c3ccc4c(c3)c3c5ccccc5ccc3n4-c3ccccc3)ccc21. The first-order valence-electron chi connectivity index (χ1n) is 17.8. The fraction of sp³-hybridized carbons (Fsp3) is 0.0612. The molecule has 2 heteroatoms. The van der Waals surface area contributed by atoms with Crippen LogP contribution in [0.5, 0.6) is 0 Å². The van der Waals surface area contributed by atoms with Crippen LogP contribution >= 0.6 is 0 Å². The summed E-state index contributed by atoms with van der Waals surface area (Å²) < 4.78 is 2.41. The zero-order valence-corrected chi connectivity index (χ0v) is 28.7. The number of fused-ring (bicyclic) bond motifs is 8. The van der Waals surface area contributed by atoms with Crippen molar-refractivity contribution in [2.45, 2.75) is 19.3 Å². The van der Waals surface area contributed by atoms with Gasteiger partial charge in [-0.2, -0.15) is 0 Å². The highest BCUT2D eigenvalue weighted by molar-refractivity contribution is 6.22. The van der Waals surface area contributed by atoms with Crippen molar-refractivity contribution < 1.29 is 0 Å². The molecule has 0 spiro atoms. The second-order valence-electron chi connectivity index (χ2n) is 14.2. The van der Waals surface area contributed by atoms with Crippen LogP contribution in [0.4, 0.5) is 17.1 Å². The lowest BCUT2D eigenvalue weighted by atomic mass is 9.82. The lowest BCUT2D eigenvalue weighted by molar-refractivity contribution is 0.660. The van der Waals surface area contributed by atoms with Crippen molar-refractivity contribution >= 4 is 49.6 Å². The molecule has 0 radical (unpaired) electrons. The van der Waals surface area contributed by atoms with Gasteiger partial charge in [0.2, 0.25) is 0 Å². The number of nitrogens with zero attached hydrogens (tertiary/aromatic N) is 2. The first kappa shape index (κ1) is 29.5. The van der Waals surface area contributed by atoms with Gasteiger partial charge in [0.1, 0.15) is 0 Å². The van der Waals surface area contributed by atoms with E-state index in [2.05, 4.69) is 205 Å². The van der Waals surface area contributed by atoms with Crippen LogP contribution in [0.3, 0.4) is 0 Å². The molecule has 0 atom stereocenters. The smallest absolute Gasteiger partial charge is 0.0547 e. The molecule has 10 rings (SSSR count). The molecule has 1 aromatic heterocycles. The summed E-state index contributed by atoms with van der Waals surface area (Å²) >= 11 is 0. The Morgan fingerprint density at radius 2 is 1.08 bits per heavy atom. The highest BCUT2D eigenvalue weighted by Crippen LogP contribution is 2.51. The lowest BCUT2D eigenvalue weighted by Gasteiger charge is -2.28. The maximum atomic E-state index is 2.44. The van der Waals surface area contributed by atoms with Gasteiger partial charge in [-0.15, -0.1) is 0 Å². The second-order valence-corrected chi connectivity index (χ2v) is 14.2. The van der Waals surface area contributed by atoms with Crippen LogP contribution in [0.2, 0.25) is 0 Å². The summed E-state index contributed by atoms with van der Waals surface area (Å²) in [6.07, 6.45) is 0. The zero-order chi connectivity index (χ0) is 34.1. The predicted molar refractivity (Wildman–Crippen MR) is 216 cm³/mol. The van der Waals surface area contributed by atoms with E-state index < -0.39 is 0 Å². The fourth-order valence-electron chi connectivity index (χ4n) is 8.52. The van der Waals surface area contributed by atoms with Gasteiger partial charge in [0, 0.05) is 38.9 Å². The molecule has 242 valence electrons. The number of hydrogen-bond donors (Lipinski definition) is 0. The van der Waals surface area contributed by atoms with Crippen LogP contribution in [0.25, 0.3) is 60.5 Å². The van der Waals surface area contributed by atoms with Gasteiger partial charge in [-0.1, -0.05) is 135 Å². The number of aromatic nitrogens is 1. The minimum absolute atomic E-state index is 0.0538. The van der Waals surface area contributed by atoms with E-state index in [1.165, 1.54) is 66.0 Å². The third-order valence-corrected chi connectivity index (χ3v) is 10.9. The fourth-order valence-corrected chi connectivity index (χ4v) is 8.52. The van der Waals surface area contributed by atoms with Gasteiger partial charge in [-0.25, -0.2) is 0 Å². The summed E-state index contributed by atoms with van der Waals surface area (Å²) in [7, 11) is 0. The Morgan fingerprint density at radius 3 is 1.94 bits per heavy atom. The summed E-state index contributed by atoms with van der Waals surface area (Å²) in [5.41, 5.74) is 14.7. The van der Waals surface area contributed by atoms with Crippen molar-refractivity contribution in [2.75, 3.05) is 4.90 Å². The normalized spacial score (nSPS) is 13.1. The van der Waals surface area contributed by atoms with Crippen molar-refractivity contribution in [3.63, 3.8) is 0 Å². The average molecular weight is 653 g/mol. The van der Waals surface area contributed by atoms with Crippen molar-refractivity contribution in [2.24, 2.45) is 0 Å². The van der Waals surface area contributed by atoms with E-state index in [9.17, 15) is 0 Å². The number of para-hydroxylation sites is 1. The van der Waals surface area contributed by atoms with Crippen LogP contribution in [0.1, 0.15) is 25.0 Å². The number of benzene rings is 8. The van der Waals surface area contributed by atoms with Crippen LogP contribution in [0, 0.1) is 0 Å². The highest BCUT2D eigenvalue weighted by atomic mass is 15.1. The van der Waals surface area contributed by atoms with Gasteiger partial charge in [0.25, 0.3) is 0 Å². The third-order valence-electron chi connectivity index (χ3n) is 10.9. The predicted octanol–water partition coefficient (Wildman–Crippen LogP) is 13.4. The summed E-state index contributed by atoms with van der Waals surface area (Å²) in [4.78, 5) is 2.44. The van der Waals surface area contributed by atoms with E-state index in [0.29, 0.717) is 0 Å². The Hall–Kier alpha value is -6.38. The van der Waals surface area contributed by atoms with Crippen LogP contribution in [-0.2, 0) is 5.41 Å². The molecular formula is C49H36N2. The van der Waals surface area contributed by atoms with Crippen molar-refractivity contribution in [3.8, 4) is 27.9 Å². The summed E-state index contributed by atoms with van der Waals surface area (Å²) in [6.45, 7) is 4.69. The Balaban J connectivity index is 1.25. The molecule has 0 saturated heterocycles. The Kier molecular flexibility index (Phi) is 6.56. The van der Waals surface area contributed by atoms with Crippen molar-refractivity contribution in [1.82, 2.24) is 4.57 Å². The summed E-state index contributed by atoms with van der Waals surface area (Å²) in [6, 6.07) is 66.7. The van der Waals surface area contributed by atoms with Crippen LogP contribution < -0.4 is 4.90 Å². The van der Waals surface area contributed by atoms with E-state index in [4.69, 9.17) is 0 Å².